The fraction of sp³-hybridized carbons (Fsp3) is 0.250. The summed E-state index contributed by atoms with van der Waals surface area (Å²) in [4.78, 5) is 1.90. The van der Waals surface area contributed by atoms with Gasteiger partial charge in [-0.2, -0.15) is 10.5 Å². The van der Waals surface area contributed by atoms with Crippen LogP contribution in [0.5, 0.6) is 17.2 Å². The van der Waals surface area contributed by atoms with Crippen LogP contribution in [0.3, 0.4) is 0 Å². The van der Waals surface area contributed by atoms with Gasteiger partial charge in [-0.1, -0.05) is 12.2 Å². The second-order valence-electron chi connectivity index (χ2n) is 6.46. The van der Waals surface area contributed by atoms with E-state index in [1.165, 1.54) is 7.11 Å². The molecule has 30 heavy (non-hydrogen) atoms. The van der Waals surface area contributed by atoms with Gasteiger partial charge in [0.25, 0.3) is 0 Å². The number of rotatable bonds is 9. The lowest BCUT2D eigenvalue weighted by molar-refractivity contribution is 0.324. The maximum absolute atomic E-state index is 10.1. The van der Waals surface area contributed by atoms with Crippen LogP contribution in [0.4, 0.5) is 5.69 Å². The van der Waals surface area contributed by atoms with Gasteiger partial charge in [0.1, 0.15) is 12.1 Å². The third-order valence-corrected chi connectivity index (χ3v) is 4.70. The highest BCUT2D eigenvalue weighted by atomic mass is 16.5. The normalized spacial score (nSPS) is 9.80. The number of hydrogen-bond acceptors (Lipinski definition) is 6. The van der Waals surface area contributed by atoms with Crippen LogP contribution in [0.2, 0.25) is 0 Å². The minimum atomic E-state index is 0.393. The summed E-state index contributed by atoms with van der Waals surface area (Å²) in [6.07, 6.45) is 3.45. The lowest BCUT2D eigenvalue weighted by Gasteiger charge is -2.26. The first-order valence-corrected chi connectivity index (χ1v) is 9.26. The number of benzene rings is 2. The Morgan fingerprint density at radius 3 is 1.90 bits per heavy atom. The van der Waals surface area contributed by atoms with E-state index in [2.05, 4.69) is 25.3 Å². The molecule has 0 aliphatic rings. The number of nitriles is 2. The molecule has 0 aliphatic heterocycles. The van der Waals surface area contributed by atoms with Crippen molar-refractivity contribution in [1.29, 1.82) is 10.5 Å². The molecule has 6 heteroatoms. The summed E-state index contributed by atoms with van der Waals surface area (Å²) in [6, 6.07) is 9.90. The number of hydrogen-bond donors (Lipinski definition) is 0. The van der Waals surface area contributed by atoms with Crippen LogP contribution < -0.4 is 19.1 Å². The number of anilines is 1. The Morgan fingerprint density at radius 2 is 1.50 bits per heavy atom. The van der Waals surface area contributed by atoms with Crippen LogP contribution in [0.15, 0.2) is 43.5 Å². The third kappa shape index (κ3) is 4.09. The summed E-state index contributed by atoms with van der Waals surface area (Å²) >= 11 is 0. The molecule has 0 heterocycles. The minimum absolute atomic E-state index is 0.393. The van der Waals surface area contributed by atoms with Crippen LogP contribution in [-0.2, 0) is 0 Å². The fourth-order valence-electron chi connectivity index (χ4n) is 3.50. The second kappa shape index (κ2) is 10.0. The average Bonchev–Trinajstić information content (AvgIpc) is 2.76. The van der Waals surface area contributed by atoms with E-state index in [4.69, 9.17) is 14.2 Å². The van der Waals surface area contributed by atoms with Gasteiger partial charge in [-0.25, -0.2) is 0 Å². The topological polar surface area (TPSA) is 78.5 Å². The quantitative estimate of drug-likeness (QED) is 0.569. The number of aryl methyl sites for hydroxylation is 1. The van der Waals surface area contributed by atoms with Crippen molar-refractivity contribution < 1.29 is 14.2 Å². The van der Waals surface area contributed by atoms with E-state index < -0.39 is 0 Å². The summed E-state index contributed by atoms with van der Waals surface area (Å²) in [7, 11) is 4.62. The van der Waals surface area contributed by atoms with Crippen LogP contribution in [0.1, 0.15) is 16.7 Å². The molecule has 154 valence electrons. The molecular weight excluding hydrogens is 378 g/mol. The minimum Gasteiger partial charge on any atom is -0.493 e. The molecule has 0 aliphatic carbocycles. The molecule has 0 radical (unpaired) electrons. The van der Waals surface area contributed by atoms with Crippen LogP contribution >= 0.6 is 0 Å². The maximum atomic E-state index is 10.1. The first kappa shape index (κ1) is 22.4. The molecule has 2 rings (SSSR count). The zero-order chi connectivity index (χ0) is 22.3. The van der Waals surface area contributed by atoms with Crippen LogP contribution in [0.25, 0.3) is 11.1 Å². The smallest absolute Gasteiger partial charge is 0.203 e. The SMILES string of the molecule is C=CCN(CC=C)c1c(C#N)cc(C)c(-c2cc(OC)c(OC)c(OC)c2)c1C#N. The van der Waals surface area contributed by atoms with Gasteiger partial charge in [0.15, 0.2) is 11.5 Å². The van der Waals surface area contributed by atoms with Crippen molar-refractivity contribution in [2.45, 2.75) is 6.92 Å². The molecule has 0 unspecified atom stereocenters. The zero-order valence-corrected chi connectivity index (χ0v) is 17.8. The fourth-order valence-corrected chi connectivity index (χ4v) is 3.50. The predicted octanol–water partition coefficient (Wildman–Crippen LogP) is 4.61. The van der Waals surface area contributed by atoms with Gasteiger partial charge in [-0.05, 0) is 36.2 Å². The van der Waals surface area contributed by atoms with E-state index in [0.29, 0.717) is 52.7 Å². The molecule has 0 fully saturated rings. The van der Waals surface area contributed by atoms with Gasteiger partial charge in [0.2, 0.25) is 5.75 Å². The largest absolute Gasteiger partial charge is 0.493 e. The first-order valence-electron chi connectivity index (χ1n) is 9.26. The molecule has 0 aromatic heterocycles. The predicted molar refractivity (Wildman–Crippen MR) is 118 cm³/mol. The van der Waals surface area contributed by atoms with Crippen molar-refractivity contribution in [3.63, 3.8) is 0 Å². The van der Waals surface area contributed by atoms with Crippen LogP contribution in [-0.4, -0.2) is 34.4 Å². The lowest BCUT2D eigenvalue weighted by Crippen LogP contribution is -2.25. The van der Waals surface area contributed by atoms with E-state index in [1.54, 1.807) is 44.6 Å². The van der Waals surface area contributed by atoms with E-state index in [1.807, 2.05) is 11.8 Å². The second-order valence-corrected chi connectivity index (χ2v) is 6.46. The summed E-state index contributed by atoms with van der Waals surface area (Å²) in [6.45, 7) is 10.4. The number of nitrogens with zero attached hydrogens (tertiary/aromatic N) is 3. The Morgan fingerprint density at radius 1 is 0.933 bits per heavy atom. The van der Waals surface area contributed by atoms with E-state index in [0.717, 1.165) is 11.1 Å². The zero-order valence-electron chi connectivity index (χ0n) is 17.8. The van der Waals surface area contributed by atoms with Gasteiger partial charge in [-0.3, -0.25) is 0 Å². The summed E-state index contributed by atoms with van der Waals surface area (Å²) in [5.41, 5.74) is 3.58. The van der Waals surface area contributed by atoms with Crippen molar-refractivity contribution in [3.8, 4) is 40.5 Å². The summed E-state index contributed by atoms with van der Waals surface area (Å²) in [5.74, 6) is 1.43. The Bertz CT molecular complexity index is 1010. The first-order chi connectivity index (χ1) is 14.5. The highest BCUT2D eigenvalue weighted by molar-refractivity contribution is 5.86. The van der Waals surface area contributed by atoms with E-state index >= 15 is 0 Å². The molecule has 0 saturated heterocycles. The van der Waals surface area contributed by atoms with Crippen molar-refractivity contribution in [2.75, 3.05) is 39.3 Å². The molecule has 0 amide bonds. The van der Waals surface area contributed by atoms with Crippen molar-refractivity contribution >= 4 is 5.69 Å². The van der Waals surface area contributed by atoms with Gasteiger partial charge < -0.3 is 19.1 Å². The van der Waals surface area contributed by atoms with Crippen LogP contribution in [0, 0.1) is 29.6 Å². The third-order valence-electron chi connectivity index (χ3n) is 4.70. The number of methoxy groups -OCH3 is 3. The van der Waals surface area contributed by atoms with Crippen molar-refractivity contribution in [2.24, 2.45) is 0 Å². The monoisotopic (exact) mass is 403 g/mol. The molecule has 0 saturated carbocycles. The average molecular weight is 403 g/mol. The van der Waals surface area contributed by atoms with Crippen molar-refractivity contribution in [1.82, 2.24) is 0 Å². The molecule has 0 bridgehead atoms. The molecule has 2 aromatic carbocycles. The van der Waals surface area contributed by atoms with E-state index in [9.17, 15) is 10.5 Å². The molecule has 0 N–H and O–H groups in total. The Kier molecular flexibility index (Phi) is 7.50. The standard InChI is InChI=1S/C24H25N3O3/c1-7-9-27(10-8-2)23-18(14-25)11-16(3)22(19(23)15-26)17-12-20(28-4)24(30-6)21(13-17)29-5/h7-8,11-13H,1-2,9-10H2,3-6H3. The van der Waals surface area contributed by atoms with Crippen molar-refractivity contribution in [3.05, 3.63) is 60.2 Å². The Balaban J connectivity index is 2.93. The van der Waals surface area contributed by atoms with Gasteiger partial charge in [0.05, 0.1) is 38.1 Å². The Hall–Kier alpha value is -3.90. The molecular formula is C24H25N3O3. The highest BCUT2D eigenvalue weighted by Gasteiger charge is 2.23. The van der Waals surface area contributed by atoms with E-state index in [-0.39, 0.29) is 0 Å². The Labute approximate surface area is 177 Å². The molecule has 6 nitrogen and oxygen atoms in total. The van der Waals surface area contributed by atoms with Gasteiger partial charge >= 0.3 is 0 Å². The van der Waals surface area contributed by atoms with Gasteiger partial charge in [0, 0.05) is 18.7 Å². The summed E-state index contributed by atoms with van der Waals surface area (Å²) in [5, 5.41) is 19.9. The summed E-state index contributed by atoms with van der Waals surface area (Å²) < 4.78 is 16.4. The molecule has 2 aromatic rings. The maximum Gasteiger partial charge on any atom is 0.203 e. The molecule has 0 atom stereocenters. The van der Waals surface area contributed by atoms with Gasteiger partial charge in [-0.15, -0.1) is 13.2 Å². The number of ether oxygens (including phenoxy) is 3. The highest BCUT2D eigenvalue weighted by Crippen LogP contribution is 2.44. The lowest BCUT2D eigenvalue weighted by atomic mass is 9.90. The molecule has 0 spiro atoms.